The van der Waals surface area contributed by atoms with Crippen molar-refractivity contribution in [3.05, 3.63) is 53.6 Å². The van der Waals surface area contributed by atoms with E-state index in [-0.39, 0.29) is 18.2 Å². The van der Waals surface area contributed by atoms with Crippen molar-refractivity contribution in [2.24, 2.45) is 0 Å². The lowest BCUT2D eigenvalue weighted by Crippen LogP contribution is -2.39. The number of aryl methyl sites for hydroxylation is 2. The average molecular weight is 322 g/mol. The van der Waals surface area contributed by atoms with Crippen molar-refractivity contribution in [1.82, 2.24) is 0 Å². The molecule has 0 aromatic heterocycles. The lowest BCUT2D eigenvalue weighted by molar-refractivity contribution is -0.128. The van der Waals surface area contributed by atoms with Crippen molar-refractivity contribution in [1.29, 1.82) is 0 Å². The van der Waals surface area contributed by atoms with Gasteiger partial charge >= 0.3 is 0 Å². The molecular weight excluding hydrogens is 304 g/mol. The summed E-state index contributed by atoms with van der Waals surface area (Å²) in [5.74, 6) is 0.0673. The molecule has 0 bridgehead atoms. The van der Waals surface area contributed by atoms with E-state index in [1.165, 1.54) is 17.5 Å². The third-order valence-corrected chi connectivity index (χ3v) is 4.46. The first-order chi connectivity index (χ1) is 11.7. The van der Waals surface area contributed by atoms with Gasteiger partial charge in [0.25, 0.3) is 5.91 Å². The van der Waals surface area contributed by atoms with Crippen LogP contribution in [-0.4, -0.2) is 17.9 Å². The van der Waals surface area contributed by atoms with Gasteiger partial charge in [0.1, 0.15) is 5.75 Å². The van der Waals surface area contributed by atoms with Gasteiger partial charge < -0.3 is 15.4 Å². The molecule has 1 atom stereocenters. The molecule has 5 heteroatoms. The number of nitrogens with one attached hydrogen (secondary N) is 2. The fraction of sp³-hybridized carbons (Fsp3) is 0.263. The first kappa shape index (κ1) is 14.8. The number of ether oxygens (including phenoxy) is 1. The Kier molecular flexibility index (Phi) is 3.69. The molecule has 0 fully saturated rings. The van der Waals surface area contributed by atoms with Crippen molar-refractivity contribution in [3.8, 4) is 5.75 Å². The highest BCUT2D eigenvalue weighted by atomic mass is 16.5. The van der Waals surface area contributed by atoms with Crippen molar-refractivity contribution in [3.63, 3.8) is 0 Å². The van der Waals surface area contributed by atoms with Crippen LogP contribution in [0.4, 0.5) is 11.4 Å². The normalized spacial score (nSPS) is 18.2. The number of fused-ring (bicyclic) bond motifs is 2. The second kappa shape index (κ2) is 6.00. The third kappa shape index (κ3) is 2.85. The minimum Gasteiger partial charge on any atom is -0.478 e. The molecule has 2 amide bonds. The molecule has 4 rings (SSSR count). The Morgan fingerprint density at radius 2 is 2.00 bits per heavy atom. The lowest BCUT2D eigenvalue weighted by Gasteiger charge is -2.25. The Labute approximate surface area is 140 Å². The maximum Gasteiger partial charge on any atom is 0.266 e. The fourth-order valence-electron chi connectivity index (χ4n) is 3.26. The largest absolute Gasteiger partial charge is 0.478 e. The summed E-state index contributed by atoms with van der Waals surface area (Å²) in [6.07, 6.45) is 2.51. The summed E-state index contributed by atoms with van der Waals surface area (Å²) in [6.45, 7) is 0. The Morgan fingerprint density at radius 3 is 2.92 bits per heavy atom. The van der Waals surface area contributed by atoms with Crippen LogP contribution in [0, 0.1) is 0 Å². The average Bonchev–Trinajstić information content (AvgIpc) is 3.03. The van der Waals surface area contributed by atoms with Gasteiger partial charge in [-0.15, -0.1) is 0 Å². The van der Waals surface area contributed by atoms with E-state index >= 15 is 0 Å². The zero-order valence-corrected chi connectivity index (χ0v) is 13.2. The summed E-state index contributed by atoms with van der Waals surface area (Å²) in [5.41, 5.74) is 4.07. The predicted octanol–water partition coefficient (Wildman–Crippen LogP) is 2.90. The van der Waals surface area contributed by atoms with Crippen molar-refractivity contribution >= 4 is 23.2 Å². The van der Waals surface area contributed by atoms with E-state index in [0.717, 1.165) is 18.5 Å². The van der Waals surface area contributed by atoms with Crippen LogP contribution < -0.4 is 15.4 Å². The highest BCUT2D eigenvalue weighted by molar-refractivity contribution is 6.02. The van der Waals surface area contributed by atoms with E-state index in [9.17, 15) is 9.59 Å². The molecule has 5 nitrogen and oxygen atoms in total. The summed E-state index contributed by atoms with van der Waals surface area (Å²) in [4.78, 5) is 24.3. The SMILES string of the molecule is O=C(C[C@H]1Oc2ccccc2NC1=O)Nc1ccc2c(c1)CCC2. The number of carbonyl (C=O) groups is 2. The first-order valence-electron chi connectivity index (χ1n) is 8.17. The number of benzene rings is 2. The van der Waals surface area contributed by atoms with Crippen LogP contribution in [0.2, 0.25) is 0 Å². The molecule has 0 radical (unpaired) electrons. The lowest BCUT2D eigenvalue weighted by atomic mass is 10.1. The van der Waals surface area contributed by atoms with Gasteiger partial charge in [0, 0.05) is 5.69 Å². The Bertz CT molecular complexity index is 816. The molecule has 1 aliphatic carbocycles. The number of anilines is 2. The van der Waals surface area contributed by atoms with Crippen LogP contribution in [0.3, 0.4) is 0 Å². The van der Waals surface area contributed by atoms with Crippen LogP contribution in [0.25, 0.3) is 0 Å². The minimum absolute atomic E-state index is 0.0166. The van der Waals surface area contributed by atoms with Crippen molar-refractivity contribution in [2.45, 2.75) is 31.8 Å². The highest BCUT2D eigenvalue weighted by Gasteiger charge is 2.29. The van der Waals surface area contributed by atoms with E-state index in [0.29, 0.717) is 11.4 Å². The highest BCUT2D eigenvalue weighted by Crippen LogP contribution is 2.30. The van der Waals surface area contributed by atoms with Gasteiger partial charge in [0.2, 0.25) is 5.91 Å². The topological polar surface area (TPSA) is 67.4 Å². The predicted molar refractivity (Wildman–Crippen MR) is 91.2 cm³/mol. The van der Waals surface area contributed by atoms with Crippen LogP contribution >= 0.6 is 0 Å². The Morgan fingerprint density at radius 1 is 1.17 bits per heavy atom. The molecule has 2 N–H and O–H groups in total. The molecule has 2 aliphatic rings. The number of para-hydroxylation sites is 2. The molecule has 0 saturated carbocycles. The summed E-state index contributed by atoms with van der Waals surface area (Å²) >= 11 is 0. The maximum absolute atomic E-state index is 12.3. The van der Waals surface area contributed by atoms with Crippen LogP contribution in [0.1, 0.15) is 24.0 Å². The standard InChI is InChI=1S/C19H18N2O3/c22-18(20-14-9-8-12-4-3-5-13(12)10-14)11-17-19(23)21-15-6-1-2-7-16(15)24-17/h1-2,6-10,17H,3-5,11H2,(H,20,22)(H,21,23)/t17-/m1/s1. The summed E-state index contributed by atoms with van der Waals surface area (Å²) in [5, 5.41) is 5.63. The molecule has 122 valence electrons. The van der Waals surface area contributed by atoms with Gasteiger partial charge in [0.05, 0.1) is 12.1 Å². The van der Waals surface area contributed by atoms with Crippen LogP contribution in [-0.2, 0) is 22.4 Å². The molecular formula is C19H18N2O3. The van der Waals surface area contributed by atoms with E-state index in [4.69, 9.17) is 4.74 Å². The maximum atomic E-state index is 12.3. The van der Waals surface area contributed by atoms with E-state index in [1.54, 1.807) is 12.1 Å². The van der Waals surface area contributed by atoms with Crippen LogP contribution in [0.5, 0.6) is 5.75 Å². The molecule has 24 heavy (non-hydrogen) atoms. The minimum atomic E-state index is -0.811. The molecule has 1 heterocycles. The van der Waals surface area contributed by atoms with E-state index in [2.05, 4.69) is 16.7 Å². The summed E-state index contributed by atoms with van der Waals surface area (Å²) in [6, 6.07) is 13.2. The molecule has 2 aromatic rings. The Hall–Kier alpha value is -2.82. The first-order valence-corrected chi connectivity index (χ1v) is 8.17. The second-order valence-electron chi connectivity index (χ2n) is 6.18. The fourth-order valence-corrected chi connectivity index (χ4v) is 3.26. The number of hydrogen-bond acceptors (Lipinski definition) is 3. The van der Waals surface area contributed by atoms with Gasteiger partial charge in [0.15, 0.2) is 6.10 Å². The van der Waals surface area contributed by atoms with Gasteiger partial charge in [-0.1, -0.05) is 18.2 Å². The quantitative estimate of drug-likeness (QED) is 0.913. The molecule has 0 saturated heterocycles. The molecule has 1 aliphatic heterocycles. The zero-order chi connectivity index (χ0) is 16.5. The Balaban J connectivity index is 1.42. The van der Waals surface area contributed by atoms with E-state index in [1.807, 2.05) is 24.3 Å². The van der Waals surface area contributed by atoms with E-state index < -0.39 is 6.10 Å². The summed E-state index contributed by atoms with van der Waals surface area (Å²) in [7, 11) is 0. The summed E-state index contributed by atoms with van der Waals surface area (Å²) < 4.78 is 5.65. The smallest absolute Gasteiger partial charge is 0.266 e. The van der Waals surface area contributed by atoms with Gasteiger partial charge in [-0.2, -0.15) is 0 Å². The third-order valence-electron chi connectivity index (χ3n) is 4.46. The van der Waals surface area contributed by atoms with Gasteiger partial charge in [-0.3, -0.25) is 9.59 Å². The number of carbonyl (C=O) groups excluding carboxylic acids is 2. The van der Waals surface area contributed by atoms with Crippen molar-refractivity contribution in [2.75, 3.05) is 10.6 Å². The number of hydrogen-bond donors (Lipinski definition) is 2. The molecule has 2 aromatic carbocycles. The van der Waals surface area contributed by atoms with Gasteiger partial charge in [-0.05, 0) is 54.7 Å². The van der Waals surface area contributed by atoms with Gasteiger partial charge in [-0.25, -0.2) is 0 Å². The molecule has 0 unspecified atom stereocenters. The monoisotopic (exact) mass is 322 g/mol. The van der Waals surface area contributed by atoms with Crippen LogP contribution in [0.15, 0.2) is 42.5 Å². The number of amides is 2. The molecule has 0 spiro atoms. The second-order valence-corrected chi connectivity index (χ2v) is 6.18. The van der Waals surface area contributed by atoms with Crippen molar-refractivity contribution < 1.29 is 14.3 Å². The zero-order valence-electron chi connectivity index (χ0n) is 13.2. The number of rotatable bonds is 3.